The van der Waals surface area contributed by atoms with Gasteiger partial charge < -0.3 is 9.30 Å². The van der Waals surface area contributed by atoms with Gasteiger partial charge in [-0.25, -0.2) is 9.97 Å². The Labute approximate surface area is 112 Å². The second kappa shape index (κ2) is 5.75. The number of fused-ring (bicyclic) bond motifs is 1. The molecule has 2 rings (SSSR count). The van der Waals surface area contributed by atoms with Crippen LogP contribution in [0.5, 0.6) is 0 Å². The Morgan fingerprint density at radius 3 is 2.84 bits per heavy atom. The molecule has 0 bridgehead atoms. The van der Waals surface area contributed by atoms with E-state index in [1.165, 1.54) is 0 Å². The Hall–Kier alpha value is -1.34. The van der Waals surface area contributed by atoms with Gasteiger partial charge >= 0.3 is 6.18 Å². The second-order valence-corrected chi connectivity index (χ2v) is 4.09. The van der Waals surface area contributed by atoms with Gasteiger partial charge in [-0.1, -0.05) is 0 Å². The van der Waals surface area contributed by atoms with Gasteiger partial charge in [0.1, 0.15) is 17.9 Å². The summed E-state index contributed by atoms with van der Waals surface area (Å²) in [6.07, 6.45) is -2.72. The molecule has 0 radical (unpaired) electrons. The van der Waals surface area contributed by atoms with Gasteiger partial charge in [0.15, 0.2) is 5.65 Å². The molecule has 2 heterocycles. The molecule has 0 aliphatic heterocycles. The standard InChI is InChI=1S/C11H11ClF3N3O/c12-6-9-17-8-2-1-3-16-10(8)18(9)4-5-19-7-11(13,14)15/h1-3H,4-7H2. The fraction of sp³-hybridized carbons (Fsp3) is 0.455. The van der Waals surface area contributed by atoms with E-state index in [2.05, 4.69) is 14.7 Å². The smallest absolute Gasteiger partial charge is 0.370 e. The number of nitrogens with zero attached hydrogens (tertiary/aromatic N) is 3. The molecule has 0 N–H and O–H groups in total. The van der Waals surface area contributed by atoms with Crippen molar-refractivity contribution in [3.05, 3.63) is 24.2 Å². The Morgan fingerprint density at radius 1 is 1.37 bits per heavy atom. The number of hydrogen-bond acceptors (Lipinski definition) is 3. The number of alkyl halides is 4. The van der Waals surface area contributed by atoms with E-state index in [1.807, 2.05) is 0 Å². The van der Waals surface area contributed by atoms with Gasteiger partial charge in [-0.3, -0.25) is 0 Å². The van der Waals surface area contributed by atoms with Crippen molar-refractivity contribution in [2.24, 2.45) is 0 Å². The van der Waals surface area contributed by atoms with Crippen molar-refractivity contribution in [1.29, 1.82) is 0 Å². The van der Waals surface area contributed by atoms with Crippen LogP contribution >= 0.6 is 11.6 Å². The van der Waals surface area contributed by atoms with Crippen molar-refractivity contribution in [3.63, 3.8) is 0 Å². The third-order valence-corrected chi connectivity index (χ3v) is 2.67. The maximum atomic E-state index is 11.9. The molecule has 8 heteroatoms. The molecule has 19 heavy (non-hydrogen) atoms. The van der Waals surface area contributed by atoms with E-state index in [9.17, 15) is 13.2 Å². The van der Waals surface area contributed by atoms with Gasteiger partial charge in [-0.05, 0) is 12.1 Å². The van der Waals surface area contributed by atoms with Crippen LogP contribution in [0.4, 0.5) is 13.2 Å². The third kappa shape index (κ3) is 3.57. The van der Waals surface area contributed by atoms with Crippen molar-refractivity contribution in [2.75, 3.05) is 13.2 Å². The quantitative estimate of drug-likeness (QED) is 0.628. The lowest BCUT2D eigenvalue weighted by molar-refractivity contribution is -0.174. The van der Waals surface area contributed by atoms with E-state index in [-0.39, 0.29) is 19.0 Å². The highest BCUT2D eigenvalue weighted by molar-refractivity contribution is 6.16. The van der Waals surface area contributed by atoms with Gasteiger partial charge in [-0.15, -0.1) is 11.6 Å². The first kappa shape index (κ1) is 14.1. The van der Waals surface area contributed by atoms with Gasteiger partial charge in [0.05, 0.1) is 12.5 Å². The molecule has 0 spiro atoms. The third-order valence-electron chi connectivity index (χ3n) is 2.43. The minimum atomic E-state index is -4.31. The lowest BCUT2D eigenvalue weighted by Crippen LogP contribution is -2.19. The predicted octanol–water partition coefficient (Wildman–Crippen LogP) is 2.75. The fourth-order valence-electron chi connectivity index (χ4n) is 1.69. The van der Waals surface area contributed by atoms with E-state index >= 15 is 0 Å². The SMILES string of the molecule is FC(F)(F)COCCn1c(CCl)nc2cccnc21. The molecule has 4 nitrogen and oxygen atoms in total. The van der Waals surface area contributed by atoms with Crippen LogP contribution in [0.15, 0.2) is 18.3 Å². The number of rotatable bonds is 5. The fourth-order valence-corrected chi connectivity index (χ4v) is 1.89. The first-order valence-electron chi connectivity index (χ1n) is 5.52. The summed E-state index contributed by atoms with van der Waals surface area (Å²) in [5.41, 5.74) is 1.25. The maximum absolute atomic E-state index is 11.9. The second-order valence-electron chi connectivity index (χ2n) is 3.83. The zero-order chi connectivity index (χ0) is 13.9. The van der Waals surface area contributed by atoms with Gasteiger partial charge in [0, 0.05) is 12.7 Å². The maximum Gasteiger partial charge on any atom is 0.411 e. The monoisotopic (exact) mass is 293 g/mol. The molecule has 2 aromatic heterocycles. The molecule has 0 aliphatic carbocycles. The molecule has 0 saturated carbocycles. The molecule has 0 saturated heterocycles. The summed E-state index contributed by atoms with van der Waals surface area (Å²) in [5, 5.41) is 0. The van der Waals surface area contributed by atoms with E-state index in [4.69, 9.17) is 11.6 Å². The number of aromatic nitrogens is 3. The lowest BCUT2D eigenvalue weighted by atomic mass is 10.4. The zero-order valence-electron chi connectivity index (χ0n) is 9.82. The van der Waals surface area contributed by atoms with Gasteiger partial charge in [0.2, 0.25) is 0 Å². The van der Waals surface area contributed by atoms with Crippen molar-refractivity contribution in [2.45, 2.75) is 18.6 Å². The van der Waals surface area contributed by atoms with Crippen LogP contribution < -0.4 is 0 Å². The summed E-state index contributed by atoms with van der Waals surface area (Å²) in [6.45, 7) is -1.11. The van der Waals surface area contributed by atoms with Crippen molar-refractivity contribution in [3.8, 4) is 0 Å². The highest BCUT2D eigenvalue weighted by Gasteiger charge is 2.27. The van der Waals surface area contributed by atoms with E-state index in [0.717, 1.165) is 0 Å². The average Bonchev–Trinajstić information content (AvgIpc) is 2.71. The number of pyridine rings is 1. The molecule has 2 aromatic rings. The van der Waals surface area contributed by atoms with Crippen LogP contribution in [0.2, 0.25) is 0 Å². The highest BCUT2D eigenvalue weighted by atomic mass is 35.5. The Bertz CT molecular complexity index is 556. The van der Waals surface area contributed by atoms with Crippen LogP contribution in [0.3, 0.4) is 0 Å². The van der Waals surface area contributed by atoms with E-state index < -0.39 is 12.8 Å². The summed E-state index contributed by atoms with van der Waals surface area (Å²) < 4.78 is 42.1. The summed E-state index contributed by atoms with van der Waals surface area (Å²) in [6, 6.07) is 3.50. The van der Waals surface area contributed by atoms with Crippen molar-refractivity contribution >= 4 is 22.8 Å². The zero-order valence-corrected chi connectivity index (χ0v) is 10.6. The first-order chi connectivity index (χ1) is 9.01. The normalized spacial score (nSPS) is 12.2. The van der Waals surface area contributed by atoms with Gasteiger partial charge in [0.25, 0.3) is 0 Å². The average molecular weight is 294 g/mol. The molecular formula is C11H11ClF3N3O. The first-order valence-corrected chi connectivity index (χ1v) is 6.05. The number of imidazole rings is 1. The number of ether oxygens (including phenoxy) is 1. The molecule has 0 fully saturated rings. The molecular weight excluding hydrogens is 283 g/mol. The van der Waals surface area contributed by atoms with Crippen molar-refractivity contribution < 1.29 is 17.9 Å². The van der Waals surface area contributed by atoms with Crippen LogP contribution in [0.25, 0.3) is 11.2 Å². The van der Waals surface area contributed by atoms with E-state index in [1.54, 1.807) is 22.9 Å². The highest BCUT2D eigenvalue weighted by Crippen LogP contribution is 2.16. The molecule has 0 amide bonds. The Balaban J connectivity index is 2.07. The molecule has 104 valence electrons. The molecule has 0 aliphatic rings. The summed E-state index contributed by atoms with van der Waals surface area (Å²) in [5.74, 6) is 0.723. The summed E-state index contributed by atoms with van der Waals surface area (Å²) >= 11 is 5.76. The summed E-state index contributed by atoms with van der Waals surface area (Å²) in [4.78, 5) is 8.39. The van der Waals surface area contributed by atoms with Gasteiger partial charge in [-0.2, -0.15) is 13.2 Å². The Morgan fingerprint density at radius 2 is 2.16 bits per heavy atom. The minimum absolute atomic E-state index is 0.0779. The molecule has 0 aromatic carbocycles. The van der Waals surface area contributed by atoms with Crippen molar-refractivity contribution in [1.82, 2.24) is 14.5 Å². The lowest BCUT2D eigenvalue weighted by Gasteiger charge is -2.09. The summed E-state index contributed by atoms with van der Waals surface area (Å²) in [7, 11) is 0. The number of hydrogen-bond donors (Lipinski definition) is 0. The van der Waals surface area contributed by atoms with Crippen LogP contribution in [0, 0.1) is 0 Å². The molecule has 0 atom stereocenters. The minimum Gasteiger partial charge on any atom is -0.370 e. The van der Waals surface area contributed by atoms with Crippen LogP contribution in [-0.2, 0) is 17.2 Å². The number of halogens is 4. The molecule has 0 unspecified atom stereocenters. The van der Waals surface area contributed by atoms with E-state index in [0.29, 0.717) is 17.0 Å². The topological polar surface area (TPSA) is 39.9 Å². The van der Waals surface area contributed by atoms with Crippen LogP contribution in [-0.4, -0.2) is 33.9 Å². The predicted molar refractivity (Wildman–Crippen MR) is 64.0 cm³/mol. The largest absolute Gasteiger partial charge is 0.411 e. The van der Waals surface area contributed by atoms with Crippen LogP contribution in [0.1, 0.15) is 5.82 Å². The Kier molecular flexibility index (Phi) is 4.26.